The first kappa shape index (κ1) is 14.3. The SMILES string of the molecule is COC(C)(C)CN1CCC2(CCCN(C)C2)CC1. The van der Waals surface area contributed by atoms with Crippen molar-refractivity contribution in [3.05, 3.63) is 0 Å². The molecule has 0 aromatic rings. The lowest BCUT2D eigenvalue weighted by atomic mass is 9.72. The van der Waals surface area contributed by atoms with Gasteiger partial charge in [0.25, 0.3) is 0 Å². The van der Waals surface area contributed by atoms with Gasteiger partial charge in [0.1, 0.15) is 0 Å². The monoisotopic (exact) mass is 254 g/mol. The Morgan fingerprint density at radius 1 is 1.11 bits per heavy atom. The smallest absolute Gasteiger partial charge is 0.0749 e. The topological polar surface area (TPSA) is 15.7 Å². The van der Waals surface area contributed by atoms with Crippen LogP contribution in [-0.2, 0) is 4.74 Å². The maximum Gasteiger partial charge on any atom is 0.0749 e. The van der Waals surface area contributed by atoms with Crippen LogP contribution in [0.15, 0.2) is 0 Å². The number of nitrogens with zero attached hydrogens (tertiary/aromatic N) is 2. The number of rotatable bonds is 3. The van der Waals surface area contributed by atoms with E-state index in [4.69, 9.17) is 4.74 Å². The maximum absolute atomic E-state index is 5.54. The number of hydrogen-bond acceptors (Lipinski definition) is 3. The van der Waals surface area contributed by atoms with Gasteiger partial charge < -0.3 is 14.5 Å². The third kappa shape index (κ3) is 3.46. The molecule has 3 nitrogen and oxygen atoms in total. The Hall–Kier alpha value is -0.120. The van der Waals surface area contributed by atoms with E-state index in [2.05, 4.69) is 30.7 Å². The second kappa shape index (κ2) is 5.48. The lowest BCUT2D eigenvalue weighted by Crippen LogP contribution is -2.51. The standard InChI is InChI=1S/C15H30N2O/c1-14(2,18-4)12-17-10-7-15(8-11-17)6-5-9-16(3)13-15/h5-13H2,1-4H3. The molecule has 0 atom stereocenters. The highest BCUT2D eigenvalue weighted by Gasteiger charge is 2.38. The molecule has 0 bridgehead atoms. The van der Waals surface area contributed by atoms with E-state index in [0.717, 1.165) is 6.54 Å². The predicted molar refractivity (Wildman–Crippen MR) is 75.9 cm³/mol. The summed E-state index contributed by atoms with van der Waals surface area (Å²) >= 11 is 0. The number of ether oxygens (including phenoxy) is 1. The molecule has 3 heteroatoms. The first-order chi connectivity index (χ1) is 8.45. The van der Waals surface area contributed by atoms with Crippen LogP contribution in [0.2, 0.25) is 0 Å². The maximum atomic E-state index is 5.54. The van der Waals surface area contributed by atoms with Crippen LogP contribution in [0.4, 0.5) is 0 Å². The van der Waals surface area contributed by atoms with Crippen LogP contribution < -0.4 is 0 Å². The van der Waals surface area contributed by atoms with Crippen molar-refractivity contribution in [2.45, 2.75) is 45.1 Å². The summed E-state index contributed by atoms with van der Waals surface area (Å²) in [4.78, 5) is 5.11. The van der Waals surface area contributed by atoms with Gasteiger partial charge in [-0.05, 0) is 71.6 Å². The molecule has 0 radical (unpaired) electrons. The molecule has 2 heterocycles. The molecule has 2 aliphatic heterocycles. The molecular weight excluding hydrogens is 224 g/mol. The fourth-order valence-corrected chi connectivity index (χ4v) is 3.65. The molecule has 1 spiro atoms. The van der Waals surface area contributed by atoms with Crippen LogP contribution in [0.5, 0.6) is 0 Å². The molecular formula is C15H30N2O. The van der Waals surface area contributed by atoms with Gasteiger partial charge in [0.05, 0.1) is 5.60 Å². The molecule has 2 rings (SSSR count). The minimum absolute atomic E-state index is 0.00609. The lowest BCUT2D eigenvalue weighted by Gasteiger charge is -2.48. The Bertz CT molecular complexity index is 270. The number of methoxy groups -OCH3 is 1. The van der Waals surface area contributed by atoms with Gasteiger partial charge in [-0.15, -0.1) is 0 Å². The fourth-order valence-electron chi connectivity index (χ4n) is 3.65. The van der Waals surface area contributed by atoms with Crippen molar-refractivity contribution in [1.82, 2.24) is 9.80 Å². The quantitative estimate of drug-likeness (QED) is 0.768. The number of hydrogen-bond donors (Lipinski definition) is 0. The minimum Gasteiger partial charge on any atom is -0.377 e. The first-order valence-corrected chi connectivity index (χ1v) is 7.41. The van der Waals surface area contributed by atoms with Crippen molar-refractivity contribution in [1.29, 1.82) is 0 Å². The summed E-state index contributed by atoms with van der Waals surface area (Å²) in [6, 6.07) is 0. The van der Waals surface area contributed by atoms with Gasteiger partial charge in [0, 0.05) is 20.2 Å². The molecule has 2 saturated heterocycles. The third-order valence-corrected chi connectivity index (χ3v) is 4.93. The van der Waals surface area contributed by atoms with Crippen molar-refractivity contribution in [3.8, 4) is 0 Å². The second-order valence-electron chi connectivity index (χ2n) is 7.08. The molecule has 0 saturated carbocycles. The summed E-state index contributed by atoms with van der Waals surface area (Å²) in [6.45, 7) is 10.5. The number of likely N-dealkylation sites (tertiary alicyclic amines) is 2. The molecule has 0 amide bonds. The molecule has 0 aliphatic carbocycles. The molecule has 0 aromatic carbocycles. The van der Waals surface area contributed by atoms with Crippen LogP contribution in [0.25, 0.3) is 0 Å². The zero-order valence-corrected chi connectivity index (χ0v) is 12.7. The van der Waals surface area contributed by atoms with Crippen molar-refractivity contribution < 1.29 is 4.74 Å². The summed E-state index contributed by atoms with van der Waals surface area (Å²) in [5.41, 5.74) is 0.620. The van der Waals surface area contributed by atoms with Crippen molar-refractivity contribution in [3.63, 3.8) is 0 Å². The van der Waals surface area contributed by atoms with Gasteiger partial charge >= 0.3 is 0 Å². The largest absolute Gasteiger partial charge is 0.377 e. The Balaban J connectivity index is 1.84. The van der Waals surface area contributed by atoms with Gasteiger partial charge in [0.2, 0.25) is 0 Å². The average molecular weight is 254 g/mol. The van der Waals surface area contributed by atoms with Crippen LogP contribution in [0, 0.1) is 5.41 Å². The van der Waals surface area contributed by atoms with E-state index in [0.29, 0.717) is 5.41 Å². The summed E-state index contributed by atoms with van der Waals surface area (Å²) in [7, 11) is 4.10. The Morgan fingerprint density at radius 3 is 2.33 bits per heavy atom. The van der Waals surface area contributed by atoms with Gasteiger partial charge in [-0.3, -0.25) is 0 Å². The molecule has 0 unspecified atom stereocenters. The lowest BCUT2D eigenvalue weighted by molar-refractivity contribution is -0.0319. The van der Waals surface area contributed by atoms with E-state index in [1.165, 1.54) is 51.9 Å². The van der Waals surface area contributed by atoms with Crippen LogP contribution in [-0.4, -0.2) is 62.3 Å². The average Bonchev–Trinajstić information content (AvgIpc) is 2.32. The van der Waals surface area contributed by atoms with Crippen LogP contribution in [0.1, 0.15) is 39.5 Å². The van der Waals surface area contributed by atoms with Gasteiger partial charge in [0.15, 0.2) is 0 Å². The van der Waals surface area contributed by atoms with Gasteiger partial charge in [-0.1, -0.05) is 0 Å². The van der Waals surface area contributed by atoms with Crippen molar-refractivity contribution >= 4 is 0 Å². The van der Waals surface area contributed by atoms with E-state index >= 15 is 0 Å². The Labute approximate surface area is 112 Å². The Morgan fingerprint density at radius 2 is 1.78 bits per heavy atom. The summed E-state index contributed by atoms with van der Waals surface area (Å²) in [5.74, 6) is 0. The minimum atomic E-state index is -0.00609. The van der Waals surface area contributed by atoms with Crippen molar-refractivity contribution in [2.75, 3.05) is 46.9 Å². The molecule has 0 N–H and O–H groups in total. The van der Waals surface area contributed by atoms with E-state index < -0.39 is 0 Å². The Kier molecular flexibility index (Phi) is 4.35. The highest BCUT2D eigenvalue weighted by atomic mass is 16.5. The van der Waals surface area contributed by atoms with Crippen LogP contribution >= 0.6 is 0 Å². The summed E-state index contributed by atoms with van der Waals surface area (Å²) in [6.07, 6.45) is 5.58. The highest BCUT2D eigenvalue weighted by Crippen LogP contribution is 2.39. The summed E-state index contributed by atoms with van der Waals surface area (Å²) in [5, 5.41) is 0. The molecule has 18 heavy (non-hydrogen) atoms. The third-order valence-electron chi connectivity index (χ3n) is 4.93. The van der Waals surface area contributed by atoms with E-state index in [1.54, 1.807) is 0 Å². The first-order valence-electron chi connectivity index (χ1n) is 7.41. The number of piperidine rings is 2. The molecule has 0 aromatic heterocycles. The molecule has 2 aliphatic rings. The van der Waals surface area contributed by atoms with E-state index in [-0.39, 0.29) is 5.60 Å². The second-order valence-corrected chi connectivity index (χ2v) is 7.08. The highest BCUT2D eigenvalue weighted by molar-refractivity contribution is 4.91. The van der Waals surface area contributed by atoms with Crippen molar-refractivity contribution in [2.24, 2.45) is 5.41 Å². The fraction of sp³-hybridized carbons (Fsp3) is 1.00. The molecule has 106 valence electrons. The van der Waals surface area contributed by atoms with Gasteiger partial charge in [-0.2, -0.15) is 0 Å². The molecule has 2 fully saturated rings. The normalized spacial score (nSPS) is 26.7. The zero-order chi connectivity index (χ0) is 13.2. The van der Waals surface area contributed by atoms with Gasteiger partial charge in [-0.25, -0.2) is 0 Å². The predicted octanol–water partition coefficient (Wildman–Crippen LogP) is 2.22. The van der Waals surface area contributed by atoms with E-state index in [1.807, 2.05) is 7.11 Å². The summed E-state index contributed by atoms with van der Waals surface area (Å²) < 4.78 is 5.54. The zero-order valence-electron chi connectivity index (χ0n) is 12.7. The van der Waals surface area contributed by atoms with Crippen LogP contribution in [0.3, 0.4) is 0 Å². The van der Waals surface area contributed by atoms with E-state index in [9.17, 15) is 0 Å².